The fourth-order valence-corrected chi connectivity index (χ4v) is 6.77. The predicted molar refractivity (Wildman–Crippen MR) is 171 cm³/mol. The zero-order valence-electron chi connectivity index (χ0n) is 27.1. The summed E-state index contributed by atoms with van der Waals surface area (Å²) < 4.78 is 6.13. The summed E-state index contributed by atoms with van der Waals surface area (Å²) in [6, 6.07) is 0. The first kappa shape index (κ1) is 34.4. The van der Waals surface area contributed by atoms with Gasteiger partial charge in [0.05, 0.1) is 18.3 Å². The second-order valence-electron chi connectivity index (χ2n) is 13.6. The molecule has 1 saturated heterocycles. The minimum absolute atomic E-state index is 0.0388. The van der Waals surface area contributed by atoms with Crippen molar-refractivity contribution in [3.05, 3.63) is 18.0 Å². The minimum atomic E-state index is -0.714. The lowest BCUT2D eigenvalue weighted by atomic mass is 9.72. The maximum Gasteiger partial charge on any atom is 0.227 e. The summed E-state index contributed by atoms with van der Waals surface area (Å²) in [7, 11) is 1.82. The smallest absolute Gasteiger partial charge is 0.227 e. The predicted octanol–water partition coefficient (Wildman–Crippen LogP) is 4.99. The number of allylic oxidation sites excluding steroid dienone is 1. The molecule has 0 saturated carbocycles. The molecule has 0 aromatic carbocycles. The van der Waals surface area contributed by atoms with Crippen molar-refractivity contribution >= 4 is 18.1 Å². The molecule has 238 valence electrons. The Balaban J connectivity index is 1.81. The van der Waals surface area contributed by atoms with Crippen LogP contribution in [0.1, 0.15) is 112 Å². The lowest BCUT2D eigenvalue weighted by Gasteiger charge is -2.48. The van der Waals surface area contributed by atoms with Crippen LogP contribution in [-0.2, 0) is 10.3 Å². The number of aliphatic imine (C=N–C) groups is 1. The van der Waals surface area contributed by atoms with Gasteiger partial charge in [-0.3, -0.25) is 4.99 Å². The minimum Gasteiger partial charge on any atom is -0.393 e. The number of aliphatic hydroxyl groups excluding tert-OH is 2. The van der Waals surface area contributed by atoms with E-state index in [0.29, 0.717) is 56.0 Å². The average Bonchev–Trinajstić information content (AvgIpc) is 3.38. The number of hydrogen-bond acceptors (Lipinski definition) is 10. The van der Waals surface area contributed by atoms with E-state index < -0.39 is 5.54 Å². The Morgan fingerprint density at radius 2 is 1.43 bits per heavy atom. The van der Waals surface area contributed by atoms with Crippen LogP contribution in [0.4, 0.5) is 11.9 Å². The normalized spacial score (nSPS) is 23.5. The van der Waals surface area contributed by atoms with Gasteiger partial charge in [-0.2, -0.15) is 15.0 Å². The third-order valence-electron chi connectivity index (χ3n) is 8.41. The van der Waals surface area contributed by atoms with Crippen LogP contribution in [0.25, 0.3) is 0 Å². The monoisotopic (exact) mass is 587 g/mol. The van der Waals surface area contributed by atoms with Gasteiger partial charge in [0.15, 0.2) is 5.82 Å². The summed E-state index contributed by atoms with van der Waals surface area (Å²) in [5.74, 6) is 1.92. The quantitative estimate of drug-likeness (QED) is 0.161. The van der Waals surface area contributed by atoms with Gasteiger partial charge < -0.3 is 30.9 Å². The number of rotatable bonds is 18. The Bertz CT molecular complexity index is 965. The topological polar surface area (TPSA) is 137 Å². The van der Waals surface area contributed by atoms with Crippen molar-refractivity contribution in [1.82, 2.24) is 20.3 Å². The Labute approximate surface area is 253 Å². The fourth-order valence-electron chi connectivity index (χ4n) is 6.77. The van der Waals surface area contributed by atoms with Crippen molar-refractivity contribution in [1.29, 1.82) is 0 Å². The molecule has 1 fully saturated rings. The third-order valence-corrected chi connectivity index (χ3v) is 8.41. The first-order chi connectivity index (χ1) is 19.9. The van der Waals surface area contributed by atoms with Crippen molar-refractivity contribution in [3.8, 4) is 0 Å². The Morgan fingerprint density at radius 1 is 0.881 bits per heavy atom. The van der Waals surface area contributed by atoms with Crippen molar-refractivity contribution < 1.29 is 14.9 Å². The summed E-state index contributed by atoms with van der Waals surface area (Å²) in [5.41, 5.74) is -0.637. The van der Waals surface area contributed by atoms with Crippen LogP contribution in [0.5, 0.6) is 0 Å². The molecule has 1 aromatic heterocycles. The zero-order chi connectivity index (χ0) is 30.8. The number of aliphatic hydroxyl groups is 2. The van der Waals surface area contributed by atoms with E-state index >= 15 is 0 Å². The van der Waals surface area contributed by atoms with Crippen molar-refractivity contribution in [3.63, 3.8) is 0 Å². The summed E-state index contributed by atoms with van der Waals surface area (Å²) in [6.45, 7) is 14.3. The van der Waals surface area contributed by atoms with Gasteiger partial charge in [0, 0.05) is 37.5 Å². The van der Waals surface area contributed by atoms with Crippen LogP contribution < -0.4 is 16.0 Å². The molecule has 0 bridgehead atoms. The first-order valence-corrected chi connectivity index (χ1v) is 16.1. The standard InChI is InChI=1S/C32H57N7O3/c1-8-11-24(40)14-19-33-28-36-27(37-29(38-28)34-20-15-25(41)12-9-2)32(16-10-18-35-32)17-13-26(42-7)23-21-30(3,4)39-31(5,6)22-23/h10,16,18,23-26,39-41H,8-9,11-15,17,19-22H2,1-7H3,(H2,33,34,36,37,38). The highest BCUT2D eigenvalue weighted by Gasteiger charge is 2.42. The van der Waals surface area contributed by atoms with Gasteiger partial charge in [0.1, 0.15) is 5.54 Å². The van der Waals surface area contributed by atoms with Crippen LogP contribution in [0.15, 0.2) is 17.1 Å². The molecule has 3 heterocycles. The van der Waals surface area contributed by atoms with Gasteiger partial charge in [-0.05, 0) is 97.1 Å². The molecule has 5 N–H and O–H groups in total. The van der Waals surface area contributed by atoms with E-state index in [1.54, 1.807) is 0 Å². The first-order valence-electron chi connectivity index (χ1n) is 16.1. The van der Waals surface area contributed by atoms with Crippen molar-refractivity contribution in [2.75, 3.05) is 30.8 Å². The van der Waals surface area contributed by atoms with E-state index in [1.807, 2.05) is 19.4 Å². The lowest BCUT2D eigenvalue weighted by molar-refractivity contribution is -0.00936. The number of piperidine rings is 1. The second-order valence-corrected chi connectivity index (χ2v) is 13.6. The number of aromatic nitrogens is 3. The van der Waals surface area contributed by atoms with Crippen molar-refractivity contribution in [2.45, 2.75) is 141 Å². The molecule has 42 heavy (non-hydrogen) atoms. The van der Waals surface area contributed by atoms with Gasteiger partial charge in [0.2, 0.25) is 11.9 Å². The molecule has 3 rings (SSSR count). The average molecular weight is 588 g/mol. The van der Waals surface area contributed by atoms with Gasteiger partial charge in [-0.1, -0.05) is 26.7 Å². The van der Waals surface area contributed by atoms with Crippen LogP contribution in [0.2, 0.25) is 0 Å². The molecule has 1 aromatic rings. The summed E-state index contributed by atoms with van der Waals surface area (Å²) >= 11 is 0. The maximum absolute atomic E-state index is 10.2. The van der Waals surface area contributed by atoms with Crippen LogP contribution in [0.3, 0.4) is 0 Å². The number of nitrogens with one attached hydrogen (secondary N) is 3. The van der Waals surface area contributed by atoms with E-state index in [-0.39, 0.29) is 29.4 Å². The maximum atomic E-state index is 10.2. The summed E-state index contributed by atoms with van der Waals surface area (Å²) in [6.07, 6.45) is 13.5. The number of anilines is 2. The molecular weight excluding hydrogens is 530 g/mol. The largest absolute Gasteiger partial charge is 0.393 e. The fraction of sp³-hybridized carbons (Fsp3) is 0.812. The van der Waals surface area contributed by atoms with Gasteiger partial charge in [-0.15, -0.1) is 0 Å². The van der Waals surface area contributed by atoms with Gasteiger partial charge in [-0.25, -0.2) is 0 Å². The second kappa shape index (κ2) is 15.5. The number of hydrogen-bond donors (Lipinski definition) is 5. The van der Waals surface area contributed by atoms with Gasteiger partial charge >= 0.3 is 0 Å². The van der Waals surface area contributed by atoms with E-state index in [9.17, 15) is 10.2 Å². The highest BCUT2D eigenvalue weighted by atomic mass is 16.5. The zero-order valence-corrected chi connectivity index (χ0v) is 27.1. The molecule has 4 unspecified atom stereocenters. The molecule has 0 amide bonds. The number of ether oxygens (including phenoxy) is 1. The Kier molecular flexibility index (Phi) is 12.7. The molecule has 10 heteroatoms. The molecule has 0 aliphatic carbocycles. The van der Waals surface area contributed by atoms with E-state index in [4.69, 9.17) is 19.7 Å². The van der Waals surface area contributed by atoms with E-state index in [2.05, 4.69) is 68.6 Å². The van der Waals surface area contributed by atoms with Crippen LogP contribution >= 0.6 is 0 Å². The van der Waals surface area contributed by atoms with E-state index in [1.165, 1.54) is 0 Å². The molecule has 0 radical (unpaired) electrons. The molecule has 0 spiro atoms. The highest BCUT2D eigenvalue weighted by Crippen LogP contribution is 2.40. The summed E-state index contributed by atoms with van der Waals surface area (Å²) in [5, 5.41) is 30.8. The SMILES string of the molecule is CCCC(O)CCNc1nc(NCCC(O)CCC)nc(C2(CCC(OC)C3CC(C)(C)NC(C)(C)C3)C=CC=N2)n1. The molecule has 4 atom stereocenters. The highest BCUT2D eigenvalue weighted by molar-refractivity contribution is 5.75. The van der Waals surface area contributed by atoms with Crippen LogP contribution in [0, 0.1) is 5.92 Å². The molecule has 2 aliphatic heterocycles. The van der Waals surface area contributed by atoms with Crippen LogP contribution in [-0.4, -0.2) is 81.0 Å². The van der Waals surface area contributed by atoms with E-state index in [0.717, 1.165) is 44.9 Å². The molecule has 10 nitrogen and oxygen atoms in total. The molecule has 2 aliphatic rings. The number of methoxy groups -OCH3 is 1. The Hall–Kier alpha value is -2.14. The van der Waals surface area contributed by atoms with Crippen molar-refractivity contribution in [2.24, 2.45) is 10.9 Å². The number of nitrogens with zero attached hydrogens (tertiary/aromatic N) is 4. The molecular formula is C32H57N7O3. The lowest BCUT2D eigenvalue weighted by Crippen LogP contribution is -2.59. The van der Waals surface area contributed by atoms with Gasteiger partial charge in [0.25, 0.3) is 0 Å². The third kappa shape index (κ3) is 10.2. The summed E-state index contributed by atoms with van der Waals surface area (Å²) in [4.78, 5) is 19.2. The Morgan fingerprint density at radius 3 is 1.88 bits per heavy atom.